The van der Waals surface area contributed by atoms with Gasteiger partial charge in [0.1, 0.15) is 12.4 Å². The maximum atomic E-state index is 11.6. The van der Waals surface area contributed by atoms with Crippen molar-refractivity contribution >= 4 is 11.6 Å². The van der Waals surface area contributed by atoms with Crippen molar-refractivity contribution in [1.82, 2.24) is 0 Å². The molecule has 0 heterocycles. The molecule has 0 aliphatic rings. The van der Waals surface area contributed by atoms with Gasteiger partial charge in [-0.15, -0.1) is 0 Å². The van der Waals surface area contributed by atoms with Crippen molar-refractivity contribution in [3.63, 3.8) is 0 Å². The van der Waals surface area contributed by atoms with Crippen molar-refractivity contribution < 1.29 is 9.53 Å². The third-order valence-corrected chi connectivity index (χ3v) is 2.89. The molecular weight excluding hydrogens is 264 g/mol. The van der Waals surface area contributed by atoms with Gasteiger partial charge < -0.3 is 15.8 Å². The minimum absolute atomic E-state index is 0.0806. The highest BCUT2D eigenvalue weighted by Crippen LogP contribution is 2.17. The molecule has 4 heteroatoms. The molecule has 3 N–H and O–H groups in total. The van der Waals surface area contributed by atoms with Crippen LogP contribution in [0.5, 0.6) is 5.75 Å². The number of hydrogen-bond acceptors (Lipinski definition) is 3. The number of benzene rings is 2. The fourth-order valence-electron chi connectivity index (χ4n) is 1.88. The quantitative estimate of drug-likeness (QED) is 0.857. The van der Waals surface area contributed by atoms with Crippen LogP contribution in [0.4, 0.5) is 5.69 Å². The van der Waals surface area contributed by atoms with Gasteiger partial charge >= 0.3 is 0 Å². The number of anilines is 1. The summed E-state index contributed by atoms with van der Waals surface area (Å²) in [6, 6.07) is 17.1. The molecule has 2 rings (SSSR count). The molecule has 0 radical (unpaired) electrons. The number of hydrogen-bond donors (Lipinski definition) is 2. The number of nitrogens with two attached hydrogens (primary N) is 1. The van der Waals surface area contributed by atoms with Crippen molar-refractivity contribution in [3.05, 3.63) is 60.2 Å². The molecule has 1 atom stereocenters. The second-order valence-corrected chi connectivity index (χ2v) is 5.03. The maximum absolute atomic E-state index is 11.6. The molecule has 0 saturated carbocycles. The Balaban J connectivity index is 1.86. The predicted octanol–water partition coefficient (Wildman–Crippen LogP) is 2.94. The minimum atomic E-state index is -0.140. The molecule has 0 bridgehead atoms. The Bertz CT molecular complexity index is 565. The van der Waals surface area contributed by atoms with Gasteiger partial charge in [-0.25, -0.2) is 0 Å². The fourth-order valence-corrected chi connectivity index (χ4v) is 1.88. The van der Waals surface area contributed by atoms with Crippen molar-refractivity contribution in [3.8, 4) is 5.75 Å². The molecule has 0 fully saturated rings. The topological polar surface area (TPSA) is 64.4 Å². The number of carbonyl (C=O) groups excluding carboxylic acids is 1. The lowest BCUT2D eigenvalue weighted by atomic mass is 10.2. The van der Waals surface area contributed by atoms with Gasteiger partial charge in [-0.05, 0) is 36.8 Å². The van der Waals surface area contributed by atoms with E-state index in [0.29, 0.717) is 13.0 Å². The van der Waals surface area contributed by atoms with Crippen molar-refractivity contribution in [1.29, 1.82) is 0 Å². The number of amides is 1. The Kier molecular flexibility index (Phi) is 5.35. The fraction of sp³-hybridized carbons (Fsp3) is 0.235. The van der Waals surface area contributed by atoms with E-state index in [4.69, 9.17) is 10.5 Å². The summed E-state index contributed by atoms with van der Waals surface area (Å²) in [5.41, 5.74) is 7.45. The van der Waals surface area contributed by atoms with Crippen LogP contribution in [0.15, 0.2) is 54.6 Å². The Morgan fingerprint density at radius 2 is 1.81 bits per heavy atom. The number of carbonyl (C=O) groups is 1. The summed E-state index contributed by atoms with van der Waals surface area (Å²) < 4.78 is 5.68. The predicted molar refractivity (Wildman–Crippen MR) is 84.1 cm³/mol. The van der Waals surface area contributed by atoms with E-state index in [0.717, 1.165) is 17.0 Å². The maximum Gasteiger partial charge on any atom is 0.225 e. The first kappa shape index (κ1) is 15.1. The zero-order chi connectivity index (χ0) is 15.1. The molecule has 4 nitrogen and oxygen atoms in total. The van der Waals surface area contributed by atoms with Crippen LogP contribution in [0.2, 0.25) is 0 Å². The SMILES string of the molecule is CC(N)CC(=O)Nc1ccc(OCc2ccccc2)cc1. The van der Waals surface area contributed by atoms with Gasteiger partial charge in [-0.2, -0.15) is 0 Å². The molecule has 2 aromatic carbocycles. The molecule has 0 saturated heterocycles. The third kappa shape index (κ3) is 5.28. The van der Waals surface area contributed by atoms with Gasteiger partial charge in [-0.1, -0.05) is 30.3 Å². The average molecular weight is 284 g/mol. The van der Waals surface area contributed by atoms with E-state index >= 15 is 0 Å². The van der Waals surface area contributed by atoms with Crippen LogP contribution in [0, 0.1) is 0 Å². The van der Waals surface area contributed by atoms with Gasteiger partial charge in [0.05, 0.1) is 0 Å². The van der Waals surface area contributed by atoms with E-state index in [9.17, 15) is 4.79 Å². The smallest absolute Gasteiger partial charge is 0.225 e. The molecule has 110 valence electrons. The molecule has 2 aromatic rings. The first-order valence-corrected chi connectivity index (χ1v) is 6.96. The van der Waals surface area contributed by atoms with Gasteiger partial charge in [0, 0.05) is 18.2 Å². The zero-order valence-corrected chi connectivity index (χ0v) is 12.1. The van der Waals surface area contributed by atoms with Gasteiger partial charge in [0.15, 0.2) is 0 Å². The molecule has 21 heavy (non-hydrogen) atoms. The van der Waals surface area contributed by atoms with Gasteiger partial charge in [0.2, 0.25) is 5.91 Å². The summed E-state index contributed by atoms with van der Waals surface area (Å²) in [5, 5.41) is 2.80. The second kappa shape index (κ2) is 7.45. The lowest BCUT2D eigenvalue weighted by Gasteiger charge is -2.09. The van der Waals surface area contributed by atoms with E-state index < -0.39 is 0 Å². The first-order valence-electron chi connectivity index (χ1n) is 6.96. The Hall–Kier alpha value is -2.33. The monoisotopic (exact) mass is 284 g/mol. The van der Waals surface area contributed by atoms with Crippen molar-refractivity contribution in [2.24, 2.45) is 5.73 Å². The summed E-state index contributed by atoms with van der Waals surface area (Å²) >= 11 is 0. The second-order valence-electron chi connectivity index (χ2n) is 5.03. The van der Waals surface area contributed by atoms with Crippen molar-refractivity contribution in [2.45, 2.75) is 26.0 Å². The highest BCUT2D eigenvalue weighted by atomic mass is 16.5. The first-order chi connectivity index (χ1) is 10.1. The lowest BCUT2D eigenvalue weighted by Crippen LogP contribution is -2.23. The standard InChI is InChI=1S/C17H20N2O2/c1-13(18)11-17(20)19-15-7-9-16(10-8-15)21-12-14-5-3-2-4-6-14/h2-10,13H,11-12,18H2,1H3,(H,19,20). The van der Waals surface area contributed by atoms with E-state index in [2.05, 4.69) is 5.32 Å². The van der Waals surface area contributed by atoms with Crippen LogP contribution >= 0.6 is 0 Å². The lowest BCUT2D eigenvalue weighted by molar-refractivity contribution is -0.116. The van der Waals surface area contributed by atoms with E-state index in [1.165, 1.54) is 0 Å². The van der Waals surface area contributed by atoms with Crippen LogP contribution in [0.25, 0.3) is 0 Å². The van der Waals surface area contributed by atoms with Crippen LogP contribution in [-0.4, -0.2) is 11.9 Å². The summed E-state index contributed by atoms with van der Waals surface area (Å²) in [5.74, 6) is 0.687. The zero-order valence-electron chi connectivity index (χ0n) is 12.1. The number of rotatable bonds is 6. The van der Waals surface area contributed by atoms with E-state index in [-0.39, 0.29) is 11.9 Å². The average Bonchev–Trinajstić information content (AvgIpc) is 2.47. The Morgan fingerprint density at radius 3 is 2.43 bits per heavy atom. The molecule has 1 unspecified atom stereocenters. The summed E-state index contributed by atoms with van der Waals surface area (Å²) in [6.45, 7) is 2.33. The third-order valence-electron chi connectivity index (χ3n) is 2.89. The highest BCUT2D eigenvalue weighted by Gasteiger charge is 2.05. The molecule has 0 aromatic heterocycles. The molecule has 1 amide bonds. The highest BCUT2D eigenvalue weighted by molar-refractivity contribution is 5.91. The number of nitrogens with one attached hydrogen (secondary N) is 1. The van der Waals surface area contributed by atoms with Crippen LogP contribution < -0.4 is 15.8 Å². The van der Waals surface area contributed by atoms with Crippen LogP contribution in [0.3, 0.4) is 0 Å². The Morgan fingerprint density at radius 1 is 1.14 bits per heavy atom. The molecule has 0 spiro atoms. The van der Waals surface area contributed by atoms with Gasteiger partial charge in [0.25, 0.3) is 0 Å². The number of ether oxygens (including phenoxy) is 1. The molecular formula is C17H20N2O2. The summed E-state index contributed by atoms with van der Waals surface area (Å²) in [6.07, 6.45) is 0.312. The summed E-state index contributed by atoms with van der Waals surface area (Å²) in [7, 11) is 0. The Labute approximate surface area is 124 Å². The molecule has 0 aliphatic heterocycles. The van der Waals surface area contributed by atoms with Crippen LogP contribution in [-0.2, 0) is 11.4 Å². The minimum Gasteiger partial charge on any atom is -0.489 e. The molecule has 0 aliphatic carbocycles. The van der Waals surface area contributed by atoms with Crippen molar-refractivity contribution in [2.75, 3.05) is 5.32 Å². The van der Waals surface area contributed by atoms with E-state index in [1.54, 1.807) is 6.92 Å². The van der Waals surface area contributed by atoms with Crippen LogP contribution in [0.1, 0.15) is 18.9 Å². The van der Waals surface area contributed by atoms with Gasteiger partial charge in [-0.3, -0.25) is 4.79 Å². The normalized spacial score (nSPS) is 11.7. The van der Waals surface area contributed by atoms with E-state index in [1.807, 2.05) is 54.6 Å². The summed E-state index contributed by atoms with van der Waals surface area (Å²) in [4.78, 5) is 11.6. The largest absolute Gasteiger partial charge is 0.489 e.